The van der Waals surface area contributed by atoms with Crippen LogP contribution < -0.4 is 7.74 Å². The Labute approximate surface area is 192 Å². The van der Waals surface area contributed by atoms with E-state index in [1.54, 1.807) is 12.1 Å². The number of alkyl halides is 6. The van der Waals surface area contributed by atoms with E-state index in [-0.39, 0.29) is 11.1 Å². The minimum atomic E-state index is -4.55. The molecule has 0 radical (unpaired) electrons. The van der Waals surface area contributed by atoms with Crippen molar-refractivity contribution in [3.63, 3.8) is 0 Å². The maximum atomic E-state index is 13.9. The third-order valence-electron chi connectivity index (χ3n) is 6.46. The first-order valence-electron chi connectivity index (χ1n) is 10.5. The fraction of sp³-hybridized carbons (Fsp3) is 0.231. The van der Waals surface area contributed by atoms with Gasteiger partial charge in [-0.15, -0.1) is 0 Å². The molecular formula is C26H22F6Ti. The van der Waals surface area contributed by atoms with E-state index in [1.165, 1.54) is 38.1 Å². The van der Waals surface area contributed by atoms with Gasteiger partial charge < -0.3 is 0 Å². The zero-order chi connectivity index (χ0) is 24.0. The molecule has 0 saturated carbocycles. The van der Waals surface area contributed by atoms with Crippen molar-refractivity contribution in [2.75, 3.05) is 0 Å². The first-order chi connectivity index (χ1) is 15.5. The van der Waals surface area contributed by atoms with Gasteiger partial charge in [0.25, 0.3) is 0 Å². The van der Waals surface area contributed by atoms with Gasteiger partial charge >= 0.3 is 193 Å². The second-order valence-corrected chi connectivity index (χ2v) is 14.6. The van der Waals surface area contributed by atoms with Crippen molar-refractivity contribution < 1.29 is 42.9 Å². The van der Waals surface area contributed by atoms with Crippen LogP contribution in [-0.4, -0.2) is 0 Å². The van der Waals surface area contributed by atoms with Gasteiger partial charge in [-0.25, -0.2) is 0 Å². The van der Waals surface area contributed by atoms with Crippen LogP contribution in [0.15, 0.2) is 80.6 Å². The number of aryl methyl sites for hydroxylation is 2. The molecule has 7 heteroatoms. The molecule has 0 fully saturated rings. The molecule has 0 atom stereocenters. The summed E-state index contributed by atoms with van der Waals surface area (Å²) in [5, 5.41) is 0. The first kappa shape index (κ1) is 23.8. The van der Waals surface area contributed by atoms with Gasteiger partial charge in [0, 0.05) is 0 Å². The number of benzene rings is 2. The molecule has 0 heterocycles. The summed E-state index contributed by atoms with van der Waals surface area (Å²) in [6, 6.07) is 8.64. The summed E-state index contributed by atoms with van der Waals surface area (Å²) in [5.74, 6) is 0. The molecule has 0 amide bonds. The molecular weight excluding hydrogens is 474 g/mol. The summed E-state index contributed by atoms with van der Waals surface area (Å²) in [6.45, 7) is 2.81. The van der Waals surface area contributed by atoms with Crippen molar-refractivity contribution in [3.05, 3.63) is 103 Å². The molecule has 4 rings (SSSR count). The molecule has 0 N–H and O–H groups in total. The molecule has 0 saturated heterocycles. The zero-order valence-corrected chi connectivity index (χ0v) is 19.7. The van der Waals surface area contributed by atoms with Crippen LogP contribution >= 0.6 is 0 Å². The molecule has 0 spiro atoms. The monoisotopic (exact) mass is 496 g/mol. The second-order valence-electron chi connectivity index (χ2n) is 8.45. The molecule has 2 aliphatic rings. The third-order valence-corrected chi connectivity index (χ3v) is 14.3. The predicted octanol–water partition coefficient (Wildman–Crippen LogP) is 7.13. The summed E-state index contributed by atoms with van der Waals surface area (Å²) >= 11 is -4.08. The maximum absolute atomic E-state index is 13.9. The van der Waals surface area contributed by atoms with Crippen molar-refractivity contribution in [1.82, 2.24) is 0 Å². The van der Waals surface area contributed by atoms with Gasteiger partial charge in [-0.1, -0.05) is 0 Å². The zero-order valence-electron chi connectivity index (χ0n) is 18.1. The average Bonchev–Trinajstić information content (AvgIpc) is 3.44. The Hall–Kier alpha value is -2.31. The predicted molar refractivity (Wildman–Crippen MR) is 115 cm³/mol. The summed E-state index contributed by atoms with van der Waals surface area (Å²) in [5.41, 5.74) is -1.29. The summed E-state index contributed by atoms with van der Waals surface area (Å²) < 4.78 is 86.0. The third kappa shape index (κ3) is 4.19. The van der Waals surface area contributed by atoms with Crippen molar-refractivity contribution in [1.29, 1.82) is 0 Å². The van der Waals surface area contributed by atoms with E-state index in [9.17, 15) is 26.3 Å². The van der Waals surface area contributed by atoms with E-state index in [2.05, 4.69) is 0 Å². The molecule has 33 heavy (non-hydrogen) atoms. The van der Waals surface area contributed by atoms with Crippen molar-refractivity contribution in [2.45, 2.75) is 39.0 Å². The topological polar surface area (TPSA) is 0 Å². The van der Waals surface area contributed by atoms with Crippen LogP contribution in [0.2, 0.25) is 0 Å². The standard InChI is InChI=1S/2C8H6F3.2C5H5.Ti/c2*1-6-4-2-3-5-7(6)8(9,10)11;2*1-2-4-5-3-1;/h2*2,4-5H,1H3;2*1-3H,4H2;. The van der Waals surface area contributed by atoms with E-state index in [4.69, 9.17) is 0 Å². The Kier molecular flexibility index (Phi) is 6.13. The Bertz CT molecular complexity index is 1110. The summed E-state index contributed by atoms with van der Waals surface area (Å²) in [6.07, 6.45) is 3.21. The number of hydrogen-bond donors (Lipinski definition) is 0. The van der Waals surface area contributed by atoms with Gasteiger partial charge in [-0.3, -0.25) is 0 Å². The van der Waals surface area contributed by atoms with Gasteiger partial charge in [0.15, 0.2) is 0 Å². The number of halogens is 6. The van der Waals surface area contributed by atoms with Gasteiger partial charge in [0.1, 0.15) is 0 Å². The molecule has 0 aliphatic heterocycles. The van der Waals surface area contributed by atoms with Crippen LogP contribution in [0.4, 0.5) is 26.3 Å². The normalized spacial score (nSPS) is 16.4. The van der Waals surface area contributed by atoms with E-state index >= 15 is 0 Å². The van der Waals surface area contributed by atoms with Crippen LogP contribution in [0.1, 0.15) is 35.1 Å². The first-order valence-corrected chi connectivity index (χ1v) is 13.7. The molecule has 2 aromatic rings. The van der Waals surface area contributed by atoms with Crippen LogP contribution in [0.5, 0.6) is 0 Å². The van der Waals surface area contributed by atoms with Crippen LogP contribution in [-0.2, 0) is 28.9 Å². The Morgan fingerprint density at radius 3 is 1.33 bits per heavy atom. The molecule has 0 aromatic heterocycles. The van der Waals surface area contributed by atoms with Crippen molar-refractivity contribution in [3.8, 4) is 0 Å². The number of hydrogen-bond acceptors (Lipinski definition) is 0. The molecule has 2 aliphatic carbocycles. The fourth-order valence-corrected chi connectivity index (χ4v) is 12.9. The SMILES string of the molecule is Cc1cc[c]([Ti]([C]2=CC=CC2)([C]2=CC=CC2)[c]2ccc(C)c(C(F)(F)F)c2)cc1C(F)(F)F. The average molecular weight is 496 g/mol. The molecule has 0 unspecified atom stereocenters. The van der Waals surface area contributed by atoms with Gasteiger partial charge in [-0.05, 0) is 0 Å². The molecule has 0 nitrogen and oxygen atoms in total. The molecule has 2 aromatic carbocycles. The number of rotatable bonds is 4. The van der Waals surface area contributed by atoms with Gasteiger partial charge in [-0.2, -0.15) is 0 Å². The van der Waals surface area contributed by atoms with Gasteiger partial charge in [0.2, 0.25) is 0 Å². The van der Waals surface area contributed by atoms with E-state index in [0.29, 0.717) is 20.6 Å². The molecule has 172 valence electrons. The quantitative estimate of drug-likeness (QED) is 0.312. The minimum absolute atomic E-state index is 0.0967. The van der Waals surface area contributed by atoms with Gasteiger partial charge in [0.05, 0.1) is 0 Å². The van der Waals surface area contributed by atoms with Crippen LogP contribution in [0.25, 0.3) is 0 Å². The summed E-state index contributed by atoms with van der Waals surface area (Å²) in [4.78, 5) is 0. The second kappa shape index (κ2) is 8.48. The number of allylic oxidation sites excluding steroid dienone is 8. The van der Waals surface area contributed by atoms with Crippen molar-refractivity contribution in [2.24, 2.45) is 0 Å². The summed E-state index contributed by atoms with van der Waals surface area (Å²) in [7, 11) is 0. The Morgan fingerprint density at radius 1 is 0.636 bits per heavy atom. The Morgan fingerprint density at radius 2 is 1.03 bits per heavy atom. The van der Waals surface area contributed by atoms with Crippen LogP contribution in [0, 0.1) is 13.8 Å². The Balaban J connectivity index is 2.09. The van der Waals surface area contributed by atoms with E-state index < -0.39 is 40.1 Å². The van der Waals surface area contributed by atoms with E-state index in [1.807, 2.05) is 36.5 Å². The fourth-order valence-electron chi connectivity index (χ4n) is 4.89. The van der Waals surface area contributed by atoms with E-state index in [0.717, 1.165) is 7.76 Å². The van der Waals surface area contributed by atoms with Crippen molar-refractivity contribution >= 4 is 7.74 Å². The van der Waals surface area contributed by atoms with Crippen LogP contribution in [0.3, 0.4) is 0 Å². The molecule has 0 bridgehead atoms.